The van der Waals surface area contributed by atoms with Gasteiger partial charge >= 0.3 is 11.9 Å². The van der Waals surface area contributed by atoms with Crippen molar-refractivity contribution in [2.45, 2.75) is 26.7 Å². The third-order valence-electron chi connectivity index (χ3n) is 5.09. The van der Waals surface area contributed by atoms with Crippen molar-refractivity contribution >= 4 is 23.5 Å². The van der Waals surface area contributed by atoms with Gasteiger partial charge in [0.25, 0.3) is 5.56 Å². The van der Waals surface area contributed by atoms with Crippen LogP contribution in [-0.4, -0.2) is 39.3 Å². The molecule has 9 nitrogen and oxygen atoms in total. The van der Waals surface area contributed by atoms with Gasteiger partial charge in [-0.15, -0.1) is 0 Å². The molecular formula is C22H23N3O6. The van der Waals surface area contributed by atoms with Crippen LogP contribution in [0.25, 0.3) is 5.69 Å². The number of carbonyl (C=O) groups is 3. The van der Waals surface area contributed by atoms with Crippen molar-refractivity contribution < 1.29 is 24.2 Å². The lowest BCUT2D eigenvalue weighted by Gasteiger charge is -2.24. The van der Waals surface area contributed by atoms with E-state index < -0.39 is 35.2 Å². The zero-order valence-electron chi connectivity index (χ0n) is 17.2. The summed E-state index contributed by atoms with van der Waals surface area (Å²) in [6, 6.07) is 8.12. The monoisotopic (exact) mass is 425 g/mol. The molecule has 0 radical (unpaired) electrons. The van der Waals surface area contributed by atoms with Crippen LogP contribution >= 0.6 is 0 Å². The molecule has 1 amide bonds. The zero-order chi connectivity index (χ0) is 22.5. The van der Waals surface area contributed by atoms with Crippen LogP contribution < -0.4 is 10.9 Å². The van der Waals surface area contributed by atoms with Crippen molar-refractivity contribution in [2.24, 2.45) is 11.8 Å². The summed E-state index contributed by atoms with van der Waals surface area (Å²) in [5.74, 6) is -4.22. The van der Waals surface area contributed by atoms with Crippen molar-refractivity contribution in [3.63, 3.8) is 0 Å². The van der Waals surface area contributed by atoms with Crippen LogP contribution in [0.15, 0.2) is 47.3 Å². The Kier molecular flexibility index (Phi) is 6.64. The molecule has 1 aromatic carbocycles. The van der Waals surface area contributed by atoms with Crippen LogP contribution in [0.1, 0.15) is 35.8 Å². The fourth-order valence-electron chi connectivity index (χ4n) is 3.48. The largest absolute Gasteiger partial charge is 0.481 e. The average molecular weight is 425 g/mol. The standard InChI is InChI=1S/C22H23N3O6/c1-3-31-22(30)19-16(23-20(27)14-9-5-6-10-15(14)21(28)29)12-18(26)25(24-19)17-11-7-4-8-13(17)2/h4-8,11-12,14-15H,3,9-10H2,1-2H3,(H,23,27)(H,28,29). The van der Waals surface area contributed by atoms with E-state index in [1.54, 1.807) is 44.2 Å². The molecule has 2 unspecified atom stereocenters. The van der Waals surface area contributed by atoms with Crippen molar-refractivity contribution in [1.82, 2.24) is 9.78 Å². The van der Waals surface area contributed by atoms with E-state index in [0.717, 1.165) is 16.3 Å². The van der Waals surface area contributed by atoms with Gasteiger partial charge in [0.15, 0.2) is 5.69 Å². The number of anilines is 1. The van der Waals surface area contributed by atoms with Gasteiger partial charge in [-0.3, -0.25) is 14.4 Å². The summed E-state index contributed by atoms with van der Waals surface area (Å²) >= 11 is 0. The zero-order valence-corrected chi connectivity index (χ0v) is 17.2. The van der Waals surface area contributed by atoms with Crippen LogP contribution in [0.3, 0.4) is 0 Å². The molecule has 2 aromatic rings. The maximum atomic E-state index is 12.8. The van der Waals surface area contributed by atoms with E-state index in [0.29, 0.717) is 5.69 Å². The number of ether oxygens (including phenoxy) is 1. The van der Waals surface area contributed by atoms with E-state index in [-0.39, 0.29) is 30.8 Å². The van der Waals surface area contributed by atoms with E-state index in [1.165, 1.54) is 0 Å². The van der Waals surface area contributed by atoms with Crippen molar-refractivity contribution in [1.29, 1.82) is 0 Å². The molecule has 1 aromatic heterocycles. The summed E-state index contributed by atoms with van der Waals surface area (Å²) in [6.07, 6.45) is 3.93. The molecule has 1 aliphatic carbocycles. The number of carbonyl (C=O) groups excluding carboxylic acids is 2. The van der Waals surface area contributed by atoms with Gasteiger partial charge < -0.3 is 15.2 Å². The van der Waals surface area contributed by atoms with Gasteiger partial charge in [-0.1, -0.05) is 30.4 Å². The SMILES string of the molecule is CCOC(=O)c1nn(-c2ccccc2C)c(=O)cc1NC(=O)C1CC=CCC1C(=O)O. The van der Waals surface area contributed by atoms with Crippen LogP contribution in [0.4, 0.5) is 5.69 Å². The number of nitrogens with one attached hydrogen (secondary N) is 1. The lowest BCUT2D eigenvalue weighted by Crippen LogP contribution is -2.36. The molecule has 0 saturated carbocycles. The number of nitrogens with zero attached hydrogens (tertiary/aromatic N) is 2. The van der Waals surface area contributed by atoms with E-state index in [2.05, 4.69) is 10.4 Å². The molecular weight excluding hydrogens is 402 g/mol. The predicted octanol–water partition coefficient (Wildman–Crippen LogP) is 2.32. The third-order valence-corrected chi connectivity index (χ3v) is 5.09. The number of carboxylic acid groups (broad SMARTS) is 1. The number of aliphatic carboxylic acids is 1. The van der Waals surface area contributed by atoms with Crippen LogP contribution in [0.5, 0.6) is 0 Å². The number of benzene rings is 1. The molecule has 0 saturated heterocycles. The van der Waals surface area contributed by atoms with Gasteiger partial charge in [0.05, 0.1) is 29.8 Å². The first-order valence-electron chi connectivity index (χ1n) is 9.89. The lowest BCUT2D eigenvalue weighted by atomic mass is 9.82. The van der Waals surface area contributed by atoms with Crippen LogP contribution in [0.2, 0.25) is 0 Å². The number of aryl methyl sites for hydroxylation is 1. The normalized spacial score (nSPS) is 17.7. The first kappa shape index (κ1) is 21.9. The molecule has 31 heavy (non-hydrogen) atoms. The number of aromatic nitrogens is 2. The van der Waals surface area contributed by atoms with Gasteiger partial charge in [0, 0.05) is 6.07 Å². The first-order chi connectivity index (χ1) is 14.8. The van der Waals surface area contributed by atoms with E-state index in [9.17, 15) is 24.3 Å². The van der Waals surface area contributed by atoms with Crippen LogP contribution in [0, 0.1) is 18.8 Å². The van der Waals surface area contributed by atoms with E-state index in [1.807, 2.05) is 6.07 Å². The number of amides is 1. The van der Waals surface area contributed by atoms with Crippen molar-refractivity contribution in [2.75, 3.05) is 11.9 Å². The fourth-order valence-corrected chi connectivity index (χ4v) is 3.48. The van der Waals surface area contributed by atoms with Gasteiger partial charge in [-0.05, 0) is 38.3 Å². The number of hydrogen-bond acceptors (Lipinski definition) is 6. The van der Waals surface area contributed by atoms with Crippen molar-refractivity contribution in [3.8, 4) is 5.69 Å². The number of para-hydroxylation sites is 1. The Bertz CT molecular complexity index is 1100. The average Bonchev–Trinajstić information content (AvgIpc) is 2.74. The fraction of sp³-hybridized carbons (Fsp3) is 0.318. The van der Waals surface area contributed by atoms with Gasteiger partial charge in [-0.2, -0.15) is 9.78 Å². The third kappa shape index (κ3) is 4.71. The van der Waals surface area contributed by atoms with Gasteiger partial charge in [0.1, 0.15) is 0 Å². The van der Waals surface area contributed by atoms with Gasteiger partial charge in [-0.25, -0.2) is 4.79 Å². The van der Waals surface area contributed by atoms with E-state index in [4.69, 9.17) is 4.74 Å². The number of esters is 1. The molecule has 162 valence electrons. The highest BCUT2D eigenvalue weighted by atomic mass is 16.5. The molecule has 9 heteroatoms. The second-order valence-corrected chi connectivity index (χ2v) is 7.15. The Morgan fingerprint density at radius 3 is 2.52 bits per heavy atom. The second-order valence-electron chi connectivity index (χ2n) is 7.15. The number of carboxylic acids is 1. The summed E-state index contributed by atoms with van der Waals surface area (Å²) in [7, 11) is 0. The molecule has 0 fully saturated rings. The summed E-state index contributed by atoms with van der Waals surface area (Å²) in [6.45, 7) is 3.50. The first-order valence-corrected chi connectivity index (χ1v) is 9.89. The Morgan fingerprint density at radius 2 is 1.87 bits per heavy atom. The Morgan fingerprint density at radius 1 is 1.19 bits per heavy atom. The number of hydrogen-bond donors (Lipinski definition) is 2. The van der Waals surface area contributed by atoms with Crippen molar-refractivity contribution in [3.05, 3.63) is 64.1 Å². The number of allylic oxidation sites excluding steroid dienone is 2. The minimum absolute atomic E-state index is 0.0753. The maximum Gasteiger partial charge on any atom is 0.360 e. The highest BCUT2D eigenvalue weighted by Crippen LogP contribution is 2.27. The minimum atomic E-state index is -1.08. The quantitative estimate of drug-likeness (QED) is 0.537. The Labute approximate surface area is 178 Å². The topological polar surface area (TPSA) is 128 Å². The highest BCUT2D eigenvalue weighted by molar-refractivity contribution is 6.01. The molecule has 0 spiro atoms. The molecule has 2 atom stereocenters. The molecule has 0 aliphatic heterocycles. The summed E-state index contributed by atoms with van der Waals surface area (Å²) in [5.41, 5.74) is 0.338. The summed E-state index contributed by atoms with van der Waals surface area (Å²) in [5, 5.41) is 16.1. The Hall–Kier alpha value is -3.75. The lowest BCUT2D eigenvalue weighted by molar-refractivity contribution is -0.146. The second kappa shape index (κ2) is 9.38. The molecule has 1 heterocycles. The summed E-state index contributed by atoms with van der Waals surface area (Å²) < 4.78 is 6.11. The molecule has 1 aliphatic rings. The number of rotatable bonds is 6. The maximum absolute atomic E-state index is 12.8. The van der Waals surface area contributed by atoms with Crippen LogP contribution in [-0.2, 0) is 14.3 Å². The minimum Gasteiger partial charge on any atom is -0.481 e. The van der Waals surface area contributed by atoms with Gasteiger partial charge in [0.2, 0.25) is 5.91 Å². The molecule has 3 rings (SSSR count). The molecule has 2 N–H and O–H groups in total. The summed E-state index contributed by atoms with van der Waals surface area (Å²) in [4.78, 5) is 49.6. The highest BCUT2D eigenvalue weighted by Gasteiger charge is 2.34. The predicted molar refractivity (Wildman–Crippen MR) is 112 cm³/mol. The molecule has 0 bridgehead atoms. The smallest absolute Gasteiger partial charge is 0.360 e. The Balaban J connectivity index is 2.02. The van der Waals surface area contributed by atoms with E-state index >= 15 is 0 Å².